The van der Waals surface area contributed by atoms with Crippen LogP contribution in [0.4, 0.5) is 5.69 Å². The van der Waals surface area contributed by atoms with Gasteiger partial charge < -0.3 is 29.3 Å². The van der Waals surface area contributed by atoms with Crippen LogP contribution in [0.5, 0.6) is 17.2 Å². The molecule has 0 saturated heterocycles. The van der Waals surface area contributed by atoms with Gasteiger partial charge in [-0.15, -0.1) is 0 Å². The van der Waals surface area contributed by atoms with Crippen LogP contribution >= 0.6 is 11.6 Å². The minimum absolute atomic E-state index is 0.0160. The van der Waals surface area contributed by atoms with Crippen molar-refractivity contribution >= 4 is 41.4 Å². The molecule has 2 N–H and O–H groups in total. The molecule has 0 fully saturated rings. The SMILES string of the molecule is O=C(O)CCCN1CC(C(=O)O)Oc2c(/C=C/c3ccc(OCCCCOc4cccc(Cl)c4)cc3)cccc21. The van der Waals surface area contributed by atoms with Crippen LogP contribution in [0.2, 0.25) is 5.02 Å². The van der Waals surface area contributed by atoms with Gasteiger partial charge in [0.1, 0.15) is 11.5 Å². The summed E-state index contributed by atoms with van der Waals surface area (Å²) in [4.78, 5) is 24.5. The predicted molar refractivity (Wildman–Crippen MR) is 155 cm³/mol. The first-order chi connectivity index (χ1) is 19.4. The average molecular weight is 566 g/mol. The van der Waals surface area contributed by atoms with Crippen molar-refractivity contribution in [2.24, 2.45) is 0 Å². The third kappa shape index (κ3) is 8.41. The summed E-state index contributed by atoms with van der Waals surface area (Å²) in [6.07, 6.45) is 4.91. The van der Waals surface area contributed by atoms with E-state index in [9.17, 15) is 14.7 Å². The van der Waals surface area contributed by atoms with Gasteiger partial charge in [0.15, 0.2) is 5.75 Å². The highest BCUT2D eigenvalue weighted by Gasteiger charge is 2.31. The lowest BCUT2D eigenvalue weighted by atomic mass is 10.1. The fourth-order valence-electron chi connectivity index (χ4n) is 4.29. The molecule has 0 spiro atoms. The molecular weight excluding hydrogens is 534 g/mol. The first-order valence-electron chi connectivity index (χ1n) is 13.2. The van der Waals surface area contributed by atoms with Gasteiger partial charge in [-0.25, -0.2) is 4.79 Å². The van der Waals surface area contributed by atoms with Crippen LogP contribution in [-0.4, -0.2) is 54.6 Å². The molecule has 4 rings (SSSR count). The third-order valence-corrected chi connectivity index (χ3v) is 6.55. The Morgan fingerprint density at radius 1 is 0.925 bits per heavy atom. The van der Waals surface area contributed by atoms with E-state index >= 15 is 0 Å². The molecule has 0 saturated carbocycles. The van der Waals surface area contributed by atoms with E-state index in [1.54, 1.807) is 6.07 Å². The number of fused-ring (bicyclic) bond motifs is 1. The summed E-state index contributed by atoms with van der Waals surface area (Å²) in [6.45, 7) is 1.75. The molecule has 3 aromatic carbocycles. The third-order valence-electron chi connectivity index (χ3n) is 6.31. The Balaban J connectivity index is 1.31. The van der Waals surface area contributed by atoms with Gasteiger partial charge in [0.25, 0.3) is 0 Å². The predicted octanol–water partition coefficient (Wildman–Crippen LogP) is 6.27. The summed E-state index contributed by atoms with van der Waals surface area (Å²) in [6, 6.07) is 20.7. The molecular formula is C31H32ClNO7. The monoisotopic (exact) mass is 565 g/mol. The van der Waals surface area contributed by atoms with Crippen LogP contribution in [0.25, 0.3) is 12.2 Å². The highest BCUT2D eigenvalue weighted by molar-refractivity contribution is 6.30. The summed E-state index contributed by atoms with van der Waals surface area (Å²) in [5, 5.41) is 19.2. The van der Waals surface area contributed by atoms with Gasteiger partial charge in [-0.05, 0) is 61.2 Å². The zero-order valence-corrected chi connectivity index (χ0v) is 22.8. The molecule has 0 bridgehead atoms. The van der Waals surface area contributed by atoms with Crippen molar-refractivity contribution in [2.45, 2.75) is 31.8 Å². The van der Waals surface area contributed by atoms with E-state index in [-0.39, 0.29) is 13.0 Å². The largest absolute Gasteiger partial charge is 0.494 e. The number of rotatable bonds is 14. The number of para-hydroxylation sites is 1. The number of unbranched alkanes of at least 4 members (excludes halogenated alkanes) is 1. The Labute approximate surface area is 238 Å². The number of carboxylic acid groups (broad SMARTS) is 2. The van der Waals surface area contributed by atoms with Gasteiger partial charge >= 0.3 is 11.9 Å². The van der Waals surface area contributed by atoms with Crippen LogP contribution in [-0.2, 0) is 9.59 Å². The number of carboxylic acids is 2. The van der Waals surface area contributed by atoms with E-state index in [0.29, 0.717) is 37.0 Å². The van der Waals surface area contributed by atoms with Gasteiger partial charge in [-0.1, -0.05) is 54.1 Å². The molecule has 1 heterocycles. The minimum atomic E-state index is -1.06. The highest BCUT2D eigenvalue weighted by Crippen LogP contribution is 2.38. The Morgan fingerprint density at radius 3 is 2.35 bits per heavy atom. The van der Waals surface area contributed by atoms with Gasteiger partial charge in [0.05, 0.1) is 25.4 Å². The van der Waals surface area contributed by atoms with Crippen molar-refractivity contribution in [3.63, 3.8) is 0 Å². The first kappa shape index (κ1) is 28.8. The molecule has 9 heteroatoms. The lowest BCUT2D eigenvalue weighted by Gasteiger charge is -2.35. The van der Waals surface area contributed by atoms with Crippen LogP contribution in [0, 0.1) is 0 Å². The summed E-state index contributed by atoms with van der Waals surface area (Å²) >= 11 is 5.96. The number of carbonyl (C=O) groups is 2. The van der Waals surface area contributed by atoms with E-state index in [0.717, 1.165) is 41.2 Å². The summed E-state index contributed by atoms with van der Waals surface area (Å²) in [5.41, 5.74) is 2.45. The van der Waals surface area contributed by atoms with Gasteiger partial charge in [0, 0.05) is 23.6 Å². The maximum Gasteiger partial charge on any atom is 0.346 e. The van der Waals surface area contributed by atoms with Gasteiger partial charge in [-0.3, -0.25) is 4.79 Å². The fourth-order valence-corrected chi connectivity index (χ4v) is 4.47. The Morgan fingerprint density at radius 2 is 1.65 bits per heavy atom. The average Bonchev–Trinajstić information content (AvgIpc) is 2.94. The fraction of sp³-hybridized carbons (Fsp3) is 0.290. The van der Waals surface area contributed by atoms with Crippen molar-refractivity contribution in [2.75, 3.05) is 31.2 Å². The normalized spacial score (nSPS) is 14.4. The van der Waals surface area contributed by atoms with Gasteiger partial charge in [-0.2, -0.15) is 0 Å². The second-order valence-corrected chi connectivity index (χ2v) is 9.78. The van der Waals surface area contributed by atoms with Crippen LogP contribution in [0.15, 0.2) is 66.7 Å². The topological polar surface area (TPSA) is 106 Å². The molecule has 40 heavy (non-hydrogen) atoms. The molecule has 1 unspecified atom stereocenters. The molecule has 0 aromatic heterocycles. The zero-order chi connectivity index (χ0) is 28.3. The quantitative estimate of drug-likeness (QED) is 0.174. The number of halogens is 1. The number of anilines is 1. The lowest BCUT2D eigenvalue weighted by Crippen LogP contribution is -2.45. The van der Waals surface area contributed by atoms with E-state index < -0.39 is 18.0 Å². The molecule has 8 nitrogen and oxygen atoms in total. The molecule has 1 aliphatic heterocycles. The van der Waals surface area contributed by atoms with Crippen molar-refractivity contribution in [1.82, 2.24) is 0 Å². The summed E-state index contributed by atoms with van der Waals surface area (Å²) < 4.78 is 17.4. The molecule has 0 amide bonds. The second kappa shape index (κ2) is 14.3. The van der Waals surface area contributed by atoms with Crippen molar-refractivity contribution < 1.29 is 34.0 Å². The number of hydrogen-bond acceptors (Lipinski definition) is 6. The maximum absolute atomic E-state index is 11.7. The Hall–Kier alpha value is -4.17. The molecule has 1 atom stereocenters. The zero-order valence-electron chi connectivity index (χ0n) is 22.0. The number of benzene rings is 3. The van der Waals surface area contributed by atoms with Crippen molar-refractivity contribution in [3.8, 4) is 17.2 Å². The van der Waals surface area contributed by atoms with E-state index in [1.807, 2.05) is 77.7 Å². The molecule has 0 aliphatic carbocycles. The lowest BCUT2D eigenvalue weighted by molar-refractivity contribution is -0.145. The standard InChI is InChI=1S/C31H32ClNO7/c32-24-7-4-8-26(20-24)39-19-2-1-18-38-25-15-12-22(13-16-25)11-14-23-6-3-9-27-30(23)40-28(31(36)37)21-33(27)17-5-10-29(34)35/h3-4,6-9,11-16,20,28H,1-2,5,10,17-19,21H2,(H,34,35)(H,36,37)/b14-11+. The highest BCUT2D eigenvalue weighted by atomic mass is 35.5. The van der Waals surface area contributed by atoms with E-state index in [4.69, 9.17) is 30.9 Å². The van der Waals surface area contributed by atoms with Crippen LogP contribution < -0.4 is 19.1 Å². The summed E-state index contributed by atoms with van der Waals surface area (Å²) in [7, 11) is 0. The maximum atomic E-state index is 11.7. The number of nitrogens with zero attached hydrogens (tertiary/aromatic N) is 1. The number of aliphatic carboxylic acids is 2. The number of hydrogen-bond donors (Lipinski definition) is 2. The smallest absolute Gasteiger partial charge is 0.346 e. The number of ether oxygens (including phenoxy) is 3. The van der Waals surface area contributed by atoms with Crippen molar-refractivity contribution in [3.05, 3.63) is 82.9 Å². The van der Waals surface area contributed by atoms with E-state index in [2.05, 4.69) is 0 Å². The Bertz CT molecular complexity index is 1330. The van der Waals surface area contributed by atoms with Gasteiger partial charge in [0.2, 0.25) is 6.10 Å². The molecule has 1 aliphatic rings. The molecule has 0 radical (unpaired) electrons. The Kier molecular flexibility index (Phi) is 10.3. The minimum Gasteiger partial charge on any atom is -0.494 e. The van der Waals surface area contributed by atoms with Crippen molar-refractivity contribution in [1.29, 1.82) is 0 Å². The molecule has 210 valence electrons. The first-order valence-corrected chi connectivity index (χ1v) is 13.6. The molecule has 3 aromatic rings. The van der Waals surface area contributed by atoms with Crippen LogP contribution in [0.1, 0.15) is 36.8 Å². The van der Waals surface area contributed by atoms with Crippen LogP contribution in [0.3, 0.4) is 0 Å². The summed E-state index contributed by atoms with van der Waals surface area (Å²) in [5.74, 6) is 0.0730. The van der Waals surface area contributed by atoms with E-state index in [1.165, 1.54) is 0 Å². The second-order valence-electron chi connectivity index (χ2n) is 9.35.